The molecule has 0 heterocycles. The average molecular weight is 359 g/mol. The Bertz CT molecular complexity index is 697. The Hall–Kier alpha value is -2.33. The number of carbonyl (C=O) groups is 2. The fourth-order valence-electron chi connectivity index (χ4n) is 2.34. The quantitative estimate of drug-likeness (QED) is 0.759. The number of rotatable bonds is 8. The van der Waals surface area contributed by atoms with Gasteiger partial charge in [0.2, 0.25) is 11.8 Å². The molecule has 0 unspecified atom stereocenters. The van der Waals surface area contributed by atoms with E-state index < -0.39 is 0 Å². The van der Waals surface area contributed by atoms with E-state index >= 15 is 0 Å². The van der Waals surface area contributed by atoms with Crippen molar-refractivity contribution in [1.29, 1.82) is 0 Å². The van der Waals surface area contributed by atoms with Gasteiger partial charge in [0.05, 0.1) is 6.54 Å². The molecule has 0 aliphatic heterocycles. The Balaban J connectivity index is 1.59. The Labute approximate surface area is 153 Å². The number of hydrogen-bond donors (Lipinski definition) is 2. The highest BCUT2D eigenvalue weighted by Gasteiger charge is 2.06. The molecule has 2 N–H and O–H groups in total. The number of amides is 2. The first-order valence-corrected chi connectivity index (χ1v) is 8.74. The van der Waals surface area contributed by atoms with E-state index in [-0.39, 0.29) is 18.4 Å². The van der Waals surface area contributed by atoms with Gasteiger partial charge in [0.15, 0.2) is 0 Å². The Morgan fingerprint density at radius 2 is 1.52 bits per heavy atom. The fourth-order valence-corrected chi connectivity index (χ4v) is 2.47. The lowest BCUT2D eigenvalue weighted by atomic mass is 10.1. The van der Waals surface area contributed by atoms with Crippen LogP contribution in [0.5, 0.6) is 0 Å². The van der Waals surface area contributed by atoms with E-state index in [1.165, 1.54) is 11.1 Å². The molecule has 4 nitrogen and oxygen atoms in total. The summed E-state index contributed by atoms with van der Waals surface area (Å²) in [7, 11) is 0. The molecule has 0 saturated carbocycles. The molecule has 0 aliphatic carbocycles. The molecule has 2 rings (SSSR count). The fraction of sp³-hybridized carbons (Fsp3) is 0.300. The van der Waals surface area contributed by atoms with E-state index in [9.17, 15) is 9.59 Å². The molecular formula is C20H23ClN2O2. The summed E-state index contributed by atoms with van der Waals surface area (Å²) in [4.78, 5) is 23.6. The van der Waals surface area contributed by atoms with Crippen LogP contribution in [0.2, 0.25) is 5.02 Å². The summed E-state index contributed by atoms with van der Waals surface area (Å²) in [5.41, 5.74) is 3.41. The van der Waals surface area contributed by atoms with Crippen molar-refractivity contribution in [3.63, 3.8) is 0 Å². The molecule has 0 bridgehead atoms. The lowest BCUT2D eigenvalue weighted by molar-refractivity contribution is -0.126. The highest BCUT2D eigenvalue weighted by Crippen LogP contribution is 2.09. The first-order valence-electron chi connectivity index (χ1n) is 8.36. The van der Waals surface area contributed by atoms with E-state index in [4.69, 9.17) is 11.6 Å². The van der Waals surface area contributed by atoms with E-state index in [0.29, 0.717) is 18.0 Å². The van der Waals surface area contributed by atoms with Gasteiger partial charge >= 0.3 is 0 Å². The number of benzene rings is 2. The highest BCUT2D eigenvalue weighted by atomic mass is 35.5. The van der Waals surface area contributed by atoms with Crippen LogP contribution < -0.4 is 10.6 Å². The van der Waals surface area contributed by atoms with Gasteiger partial charge in [-0.05, 0) is 43.0 Å². The Morgan fingerprint density at radius 3 is 2.20 bits per heavy atom. The summed E-state index contributed by atoms with van der Waals surface area (Å²) < 4.78 is 0. The first-order chi connectivity index (χ1) is 12.0. The van der Waals surface area contributed by atoms with Gasteiger partial charge in [-0.15, -0.1) is 0 Å². The minimum atomic E-state index is -0.207. The van der Waals surface area contributed by atoms with Crippen molar-refractivity contribution in [2.45, 2.75) is 32.7 Å². The van der Waals surface area contributed by atoms with Gasteiger partial charge in [0, 0.05) is 18.0 Å². The van der Waals surface area contributed by atoms with Crippen LogP contribution in [-0.2, 0) is 22.6 Å². The molecule has 0 aliphatic rings. The summed E-state index contributed by atoms with van der Waals surface area (Å²) in [6.07, 6.45) is 2.04. The highest BCUT2D eigenvalue weighted by molar-refractivity contribution is 6.30. The second kappa shape index (κ2) is 9.84. The van der Waals surface area contributed by atoms with Gasteiger partial charge in [-0.25, -0.2) is 0 Å². The van der Waals surface area contributed by atoms with Gasteiger partial charge in [-0.1, -0.05) is 53.6 Å². The van der Waals surface area contributed by atoms with Crippen molar-refractivity contribution in [3.05, 3.63) is 70.2 Å². The molecule has 0 atom stereocenters. The molecule has 0 radical (unpaired) electrons. The molecule has 2 aromatic carbocycles. The maximum absolute atomic E-state index is 11.8. The predicted octanol–water partition coefficient (Wildman–Crippen LogP) is 3.40. The maximum Gasteiger partial charge on any atom is 0.239 e. The molecule has 132 valence electrons. The van der Waals surface area contributed by atoms with Crippen LogP contribution in [0.3, 0.4) is 0 Å². The molecular weight excluding hydrogens is 336 g/mol. The van der Waals surface area contributed by atoms with Crippen LogP contribution in [0.25, 0.3) is 0 Å². The SMILES string of the molecule is Cc1ccc(CCCC(=O)NCC(=O)NCc2ccc(Cl)cc2)cc1. The molecule has 0 fully saturated rings. The van der Waals surface area contributed by atoms with Crippen molar-refractivity contribution in [2.24, 2.45) is 0 Å². The summed E-state index contributed by atoms with van der Waals surface area (Å²) in [5.74, 6) is -0.310. The van der Waals surface area contributed by atoms with Crippen LogP contribution in [0.1, 0.15) is 29.5 Å². The third-order valence-corrected chi connectivity index (χ3v) is 4.09. The van der Waals surface area contributed by atoms with Crippen molar-refractivity contribution >= 4 is 23.4 Å². The smallest absolute Gasteiger partial charge is 0.239 e. The number of carbonyl (C=O) groups excluding carboxylic acids is 2. The van der Waals surface area contributed by atoms with Gasteiger partial charge in [-0.2, -0.15) is 0 Å². The third-order valence-electron chi connectivity index (χ3n) is 3.84. The van der Waals surface area contributed by atoms with Crippen molar-refractivity contribution in [1.82, 2.24) is 10.6 Å². The first kappa shape index (κ1) is 19.0. The molecule has 0 aromatic heterocycles. The summed E-state index contributed by atoms with van der Waals surface area (Å²) in [5, 5.41) is 6.08. The van der Waals surface area contributed by atoms with E-state index in [1.807, 2.05) is 12.1 Å². The molecule has 2 aromatic rings. The zero-order valence-corrected chi connectivity index (χ0v) is 15.1. The standard InChI is InChI=1S/C20H23ClN2O2/c1-15-5-7-16(8-6-15)3-2-4-19(24)23-14-20(25)22-13-17-9-11-18(21)12-10-17/h5-12H,2-4,13-14H2,1H3,(H,22,25)(H,23,24). The van der Waals surface area contributed by atoms with Crippen molar-refractivity contribution in [3.8, 4) is 0 Å². The third kappa shape index (κ3) is 7.40. The number of halogens is 1. The topological polar surface area (TPSA) is 58.2 Å². The van der Waals surface area contributed by atoms with Crippen molar-refractivity contribution < 1.29 is 9.59 Å². The van der Waals surface area contributed by atoms with Crippen LogP contribution >= 0.6 is 11.6 Å². The monoisotopic (exact) mass is 358 g/mol. The van der Waals surface area contributed by atoms with Gasteiger partial charge in [0.1, 0.15) is 0 Å². The molecule has 2 amide bonds. The maximum atomic E-state index is 11.8. The van der Waals surface area contributed by atoms with Gasteiger partial charge in [0.25, 0.3) is 0 Å². The second-order valence-electron chi connectivity index (χ2n) is 6.02. The van der Waals surface area contributed by atoms with Crippen LogP contribution in [0.4, 0.5) is 0 Å². The average Bonchev–Trinajstić information content (AvgIpc) is 2.61. The van der Waals surface area contributed by atoms with Crippen LogP contribution in [0, 0.1) is 6.92 Å². The zero-order valence-electron chi connectivity index (χ0n) is 14.3. The number of hydrogen-bond acceptors (Lipinski definition) is 2. The van der Waals surface area contributed by atoms with E-state index in [1.54, 1.807) is 12.1 Å². The minimum Gasteiger partial charge on any atom is -0.350 e. The number of nitrogens with one attached hydrogen (secondary N) is 2. The molecule has 0 spiro atoms. The van der Waals surface area contributed by atoms with Crippen LogP contribution in [0.15, 0.2) is 48.5 Å². The van der Waals surface area contributed by atoms with Gasteiger partial charge < -0.3 is 10.6 Å². The number of aryl methyl sites for hydroxylation is 2. The van der Waals surface area contributed by atoms with Crippen molar-refractivity contribution in [2.75, 3.05) is 6.54 Å². The van der Waals surface area contributed by atoms with Crippen LogP contribution in [-0.4, -0.2) is 18.4 Å². The summed E-state index contributed by atoms with van der Waals surface area (Å²) >= 11 is 5.81. The summed E-state index contributed by atoms with van der Waals surface area (Å²) in [6, 6.07) is 15.6. The summed E-state index contributed by atoms with van der Waals surface area (Å²) in [6.45, 7) is 2.46. The molecule has 5 heteroatoms. The second-order valence-corrected chi connectivity index (χ2v) is 6.46. The molecule has 0 saturated heterocycles. The largest absolute Gasteiger partial charge is 0.350 e. The zero-order chi connectivity index (χ0) is 18.1. The predicted molar refractivity (Wildman–Crippen MR) is 100 cm³/mol. The lowest BCUT2D eigenvalue weighted by Crippen LogP contribution is -2.36. The normalized spacial score (nSPS) is 10.3. The molecule has 25 heavy (non-hydrogen) atoms. The Kier molecular flexibility index (Phi) is 7.48. The minimum absolute atomic E-state index is 0.00302. The Morgan fingerprint density at radius 1 is 0.880 bits per heavy atom. The van der Waals surface area contributed by atoms with E-state index in [2.05, 4.69) is 41.8 Å². The lowest BCUT2D eigenvalue weighted by Gasteiger charge is -2.07. The van der Waals surface area contributed by atoms with E-state index in [0.717, 1.165) is 18.4 Å². The van der Waals surface area contributed by atoms with Gasteiger partial charge in [-0.3, -0.25) is 9.59 Å².